The molecule has 4 rings (SSSR count). The van der Waals surface area contributed by atoms with E-state index < -0.39 is 15.0 Å². The average Bonchev–Trinajstić information content (AvgIpc) is 3.22. The lowest BCUT2D eigenvalue weighted by atomic mass is 10.1. The number of non-ortho nitro benzene ring substituents is 1. The summed E-state index contributed by atoms with van der Waals surface area (Å²) in [6.45, 7) is 2.79. The normalized spacial score (nSPS) is 18.1. The molecule has 0 bridgehead atoms. The minimum Gasteiger partial charge on any atom is -0.378 e. The molecule has 2 N–H and O–H groups in total. The molecule has 0 saturated carbocycles. The minimum absolute atomic E-state index is 0.0565. The van der Waals surface area contributed by atoms with Crippen LogP contribution in [0.5, 0.6) is 0 Å². The van der Waals surface area contributed by atoms with Gasteiger partial charge >= 0.3 is 0 Å². The van der Waals surface area contributed by atoms with Gasteiger partial charge in [0.2, 0.25) is 0 Å². The zero-order valence-corrected chi connectivity index (χ0v) is 19.1. The predicted molar refractivity (Wildman–Crippen MR) is 128 cm³/mol. The quantitative estimate of drug-likeness (QED) is 0.263. The van der Waals surface area contributed by atoms with E-state index in [4.69, 9.17) is 9.29 Å². The molecule has 0 unspecified atom stereocenters. The fraction of sp³-hybridized carbons (Fsp3) is 0.261. The molecule has 0 atom stereocenters. The van der Waals surface area contributed by atoms with Gasteiger partial charge in [0.05, 0.1) is 34.9 Å². The van der Waals surface area contributed by atoms with Crippen molar-refractivity contribution < 1.29 is 22.6 Å². The van der Waals surface area contributed by atoms with Crippen molar-refractivity contribution in [2.45, 2.75) is 17.7 Å². The molecule has 2 aromatic rings. The number of nitrogens with one attached hydrogen (secondary N) is 1. The Hall–Kier alpha value is -3.54. The maximum atomic E-state index is 11.2. The van der Waals surface area contributed by atoms with Crippen LogP contribution in [-0.2, 0) is 14.9 Å². The number of nitrogens with zero attached hydrogens (tertiary/aromatic N) is 3. The highest BCUT2D eigenvalue weighted by Crippen LogP contribution is 2.35. The van der Waals surface area contributed by atoms with E-state index in [1.807, 2.05) is 0 Å². The molecule has 34 heavy (non-hydrogen) atoms. The second kappa shape index (κ2) is 10.2. The number of nitro groups is 1. The van der Waals surface area contributed by atoms with Crippen LogP contribution in [-0.4, -0.2) is 55.3 Å². The summed E-state index contributed by atoms with van der Waals surface area (Å²) in [7, 11) is -4.24. The number of anilines is 1. The zero-order chi connectivity index (χ0) is 24.1. The number of rotatable bonds is 7. The molecule has 11 heteroatoms. The smallest absolute Gasteiger partial charge is 0.294 e. The highest BCUT2D eigenvalue weighted by atomic mass is 32.2. The first-order valence-corrected chi connectivity index (χ1v) is 12.1. The van der Waals surface area contributed by atoms with E-state index in [0.29, 0.717) is 18.9 Å². The van der Waals surface area contributed by atoms with Gasteiger partial charge in [-0.15, -0.1) is 0 Å². The molecule has 1 fully saturated rings. The molecule has 2 aromatic carbocycles. The standard InChI is InChI=1S/C23H24N4O6S/c28-27(29)21-7-1-17(2-8-21)15-18-3-4-19(23(18)26-11-13-33-14-12-26)16-24-25-20-5-9-22(10-6-20)34(30,31)32/h1-2,5-10,15-16,25H,3-4,11-14H2,(H,30,31,32). The van der Waals surface area contributed by atoms with Crippen molar-refractivity contribution in [3.63, 3.8) is 0 Å². The fourth-order valence-corrected chi connectivity index (χ4v) is 4.43. The first-order chi connectivity index (χ1) is 16.3. The SMILES string of the molecule is O=[N+]([O-])c1ccc(C=C2CCC(C=NNc3ccc(S(=O)(=O)O)cc3)=C2N2CCOCC2)cc1. The van der Waals surface area contributed by atoms with E-state index in [1.165, 1.54) is 36.4 Å². The molecule has 1 saturated heterocycles. The Morgan fingerprint density at radius 3 is 2.35 bits per heavy atom. The Kier molecular flexibility index (Phi) is 7.06. The molecule has 2 aliphatic rings. The molecule has 0 spiro atoms. The second-order valence-electron chi connectivity index (χ2n) is 7.86. The van der Waals surface area contributed by atoms with Crippen molar-refractivity contribution in [2.75, 3.05) is 31.7 Å². The average molecular weight is 485 g/mol. The maximum absolute atomic E-state index is 11.2. The number of ether oxygens (including phenoxy) is 1. The predicted octanol–water partition coefficient (Wildman–Crippen LogP) is 3.70. The lowest BCUT2D eigenvalue weighted by molar-refractivity contribution is -0.384. The van der Waals surface area contributed by atoms with E-state index in [-0.39, 0.29) is 10.6 Å². The van der Waals surface area contributed by atoms with Crippen LogP contribution in [0, 0.1) is 10.1 Å². The lowest BCUT2D eigenvalue weighted by Gasteiger charge is -2.31. The summed E-state index contributed by atoms with van der Waals surface area (Å²) in [6.07, 6.45) is 5.42. The number of hydrogen-bond donors (Lipinski definition) is 2. The summed E-state index contributed by atoms with van der Waals surface area (Å²) in [6, 6.07) is 12.1. The number of nitro benzene ring substituents is 1. The minimum atomic E-state index is -4.24. The number of benzene rings is 2. The van der Waals surface area contributed by atoms with Gasteiger partial charge in [-0.3, -0.25) is 20.1 Å². The van der Waals surface area contributed by atoms with Gasteiger partial charge in [-0.1, -0.05) is 0 Å². The third kappa shape index (κ3) is 5.68. The van der Waals surface area contributed by atoms with Crippen LogP contribution in [0.2, 0.25) is 0 Å². The van der Waals surface area contributed by atoms with E-state index in [2.05, 4.69) is 21.5 Å². The van der Waals surface area contributed by atoms with Gasteiger partial charge in [-0.25, -0.2) is 0 Å². The van der Waals surface area contributed by atoms with Gasteiger partial charge in [0, 0.05) is 30.9 Å². The van der Waals surface area contributed by atoms with Crippen LogP contribution in [0.1, 0.15) is 18.4 Å². The topological polar surface area (TPSA) is 134 Å². The van der Waals surface area contributed by atoms with Crippen LogP contribution < -0.4 is 5.43 Å². The Balaban J connectivity index is 1.57. The Bertz CT molecular complexity index is 1250. The van der Waals surface area contributed by atoms with Crippen LogP contribution in [0.25, 0.3) is 6.08 Å². The number of allylic oxidation sites excluding steroid dienone is 2. The van der Waals surface area contributed by atoms with Crippen LogP contribution in [0.3, 0.4) is 0 Å². The van der Waals surface area contributed by atoms with Crippen LogP contribution >= 0.6 is 0 Å². The molecule has 1 heterocycles. The van der Waals surface area contributed by atoms with Gasteiger partial charge < -0.3 is 9.64 Å². The van der Waals surface area contributed by atoms with Gasteiger partial charge in [0.25, 0.3) is 15.8 Å². The summed E-state index contributed by atoms with van der Waals surface area (Å²) >= 11 is 0. The van der Waals surface area contributed by atoms with E-state index in [9.17, 15) is 18.5 Å². The second-order valence-corrected chi connectivity index (χ2v) is 9.28. The van der Waals surface area contributed by atoms with Crippen molar-refractivity contribution in [3.05, 3.63) is 81.1 Å². The van der Waals surface area contributed by atoms with E-state index in [0.717, 1.165) is 48.3 Å². The maximum Gasteiger partial charge on any atom is 0.294 e. The summed E-state index contributed by atoms with van der Waals surface area (Å²) in [5.41, 5.74) is 7.69. The Morgan fingerprint density at radius 2 is 1.74 bits per heavy atom. The van der Waals surface area contributed by atoms with Crippen molar-refractivity contribution in [1.82, 2.24) is 4.90 Å². The van der Waals surface area contributed by atoms with E-state index >= 15 is 0 Å². The summed E-state index contributed by atoms with van der Waals surface area (Å²) in [5.74, 6) is 0. The van der Waals surface area contributed by atoms with Crippen molar-refractivity contribution >= 4 is 33.8 Å². The van der Waals surface area contributed by atoms with Crippen molar-refractivity contribution in [3.8, 4) is 0 Å². The van der Waals surface area contributed by atoms with Gasteiger partial charge in [-0.05, 0) is 72.0 Å². The highest BCUT2D eigenvalue weighted by molar-refractivity contribution is 7.85. The number of morpholine rings is 1. The third-order valence-corrected chi connectivity index (χ3v) is 6.48. The molecular weight excluding hydrogens is 460 g/mol. The van der Waals surface area contributed by atoms with Gasteiger partial charge in [0.1, 0.15) is 0 Å². The van der Waals surface area contributed by atoms with Gasteiger partial charge in [0.15, 0.2) is 0 Å². The number of hydrogen-bond acceptors (Lipinski definition) is 8. The summed E-state index contributed by atoms with van der Waals surface area (Å²) < 4.78 is 36.9. The molecule has 178 valence electrons. The highest BCUT2D eigenvalue weighted by Gasteiger charge is 2.25. The number of hydrazone groups is 1. The summed E-state index contributed by atoms with van der Waals surface area (Å²) in [5, 5.41) is 15.3. The van der Waals surface area contributed by atoms with Crippen LogP contribution in [0.15, 0.2) is 75.4 Å². The fourth-order valence-electron chi connectivity index (χ4n) is 3.95. The van der Waals surface area contributed by atoms with Crippen LogP contribution in [0.4, 0.5) is 11.4 Å². The Labute approximate surface area is 197 Å². The third-order valence-electron chi connectivity index (χ3n) is 5.61. The molecule has 0 radical (unpaired) electrons. The van der Waals surface area contributed by atoms with Crippen molar-refractivity contribution in [2.24, 2.45) is 5.10 Å². The molecular formula is C23H24N4O6S. The molecule has 0 aromatic heterocycles. The monoisotopic (exact) mass is 484 g/mol. The molecule has 1 aliphatic carbocycles. The summed E-state index contributed by atoms with van der Waals surface area (Å²) in [4.78, 5) is 12.6. The van der Waals surface area contributed by atoms with Gasteiger partial charge in [-0.2, -0.15) is 13.5 Å². The van der Waals surface area contributed by atoms with Crippen molar-refractivity contribution in [1.29, 1.82) is 0 Å². The molecule has 10 nitrogen and oxygen atoms in total. The lowest BCUT2D eigenvalue weighted by Crippen LogP contribution is -2.36. The first kappa shape index (κ1) is 23.6. The van der Waals surface area contributed by atoms with E-state index in [1.54, 1.807) is 18.3 Å². The first-order valence-electron chi connectivity index (χ1n) is 10.7. The Morgan fingerprint density at radius 1 is 1.06 bits per heavy atom. The largest absolute Gasteiger partial charge is 0.378 e. The molecule has 1 aliphatic heterocycles. The zero-order valence-electron chi connectivity index (χ0n) is 18.3. The molecule has 0 amide bonds.